The monoisotopic (exact) mass is 431 g/mol. The summed E-state index contributed by atoms with van der Waals surface area (Å²) in [6, 6.07) is -0.359. The average molecular weight is 433 g/mol. The smallest absolute Gasteiger partial charge is 0.247 e. The zero-order valence-corrected chi connectivity index (χ0v) is 16.2. The topological polar surface area (TPSA) is 56.0 Å². The summed E-state index contributed by atoms with van der Waals surface area (Å²) < 4.78 is 5.34. The molecule has 0 fully saturated rings. The summed E-state index contributed by atoms with van der Waals surface area (Å²) in [5.74, 6) is -0.00653. The van der Waals surface area contributed by atoms with Gasteiger partial charge in [0.25, 0.3) is 0 Å². The van der Waals surface area contributed by atoms with Crippen LogP contribution >= 0.6 is 31.9 Å². The SMILES string of the molecule is CCn1cc(Br)c(CN(C)C(=O)C(C)n2cc(Br)c(C)n2)n1. The number of rotatable bonds is 5. The lowest BCUT2D eigenvalue weighted by molar-refractivity contribution is -0.133. The van der Waals surface area contributed by atoms with Crippen molar-refractivity contribution in [3.05, 3.63) is 32.7 Å². The molecule has 0 aliphatic carbocycles. The van der Waals surface area contributed by atoms with Gasteiger partial charge in [-0.3, -0.25) is 14.2 Å². The minimum atomic E-state index is -0.359. The van der Waals surface area contributed by atoms with Gasteiger partial charge in [-0.2, -0.15) is 10.2 Å². The predicted octanol–water partition coefficient (Wildman–Crippen LogP) is 3.15. The Kier molecular flexibility index (Phi) is 5.44. The number of carbonyl (C=O) groups excluding carboxylic acids is 1. The van der Waals surface area contributed by atoms with E-state index < -0.39 is 0 Å². The molecule has 0 aromatic carbocycles. The second-order valence-electron chi connectivity index (χ2n) is 5.19. The number of halogens is 2. The van der Waals surface area contributed by atoms with Crippen molar-refractivity contribution in [2.75, 3.05) is 7.05 Å². The number of amides is 1. The molecular weight excluding hydrogens is 414 g/mol. The Labute approximate surface area is 146 Å². The van der Waals surface area contributed by atoms with Crippen molar-refractivity contribution >= 4 is 37.8 Å². The molecule has 0 saturated carbocycles. The molecule has 0 aliphatic rings. The maximum Gasteiger partial charge on any atom is 0.247 e. The van der Waals surface area contributed by atoms with Crippen LogP contribution < -0.4 is 0 Å². The molecule has 8 heteroatoms. The summed E-state index contributed by atoms with van der Waals surface area (Å²) in [5.41, 5.74) is 1.72. The summed E-state index contributed by atoms with van der Waals surface area (Å²) in [4.78, 5) is 14.2. The predicted molar refractivity (Wildman–Crippen MR) is 91.5 cm³/mol. The Bertz CT molecular complexity index is 659. The maximum absolute atomic E-state index is 12.6. The lowest BCUT2D eigenvalue weighted by Gasteiger charge is -2.21. The number of hydrogen-bond donors (Lipinski definition) is 0. The molecule has 2 aromatic heterocycles. The van der Waals surface area contributed by atoms with Gasteiger partial charge < -0.3 is 4.90 Å². The molecule has 0 bridgehead atoms. The van der Waals surface area contributed by atoms with E-state index in [1.54, 1.807) is 16.6 Å². The molecule has 22 heavy (non-hydrogen) atoms. The summed E-state index contributed by atoms with van der Waals surface area (Å²) in [6.07, 6.45) is 3.75. The number of carbonyl (C=O) groups is 1. The van der Waals surface area contributed by atoms with Crippen molar-refractivity contribution in [1.29, 1.82) is 0 Å². The molecule has 0 saturated heterocycles. The number of nitrogens with zero attached hydrogens (tertiary/aromatic N) is 5. The van der Waals surface area contributed by atoms with Crippen LogP contribution in [0.1, 0.15) is 31.3 Å². The highest BCUT2D eigenvalue weighted by molar-refractivity contribution is 9.10. The Balaban J connectivity index is 2.09. The van der Waals surface area contributed by atoms with Gasteiger partial charge in [0.2, 0.25) is 5.91 Å². The van der Waals surface area contributed by atoms with Crippen molar-refractivity contribution < 1.29 is 4.79 Å². The third kappa shape index (κ3) is 3.60. The van der Waals surface area contributed by atoms with E-state index in [-0.39, 0.29) is 11.9 Å². The van der Waals surface area contributed by atoms with Gasteiger partial charge in [0.05, 0.1) is 26.9 Å². The van der Waals surface area contributed by atoms with Gasteiger partial charge in [-0.15, -0.1) is 0 Å². The van der Waals surface area contributed by atoms with Crippen LogP contribution in [-0.2, 0) is 17.9 Å². The fourth-order valence-electron chi connectivity index (χ4n) is 2.10. The standard InChI is InChI=1S/C14H19Br2N5O/c1-5-20-6-12(16)13(18-20)8-19(4)14(22)10(3)21-7-11(15)9(2)17-21/h6-7,10H,5,8H2,1-4H3. The van der Waals surface area contributed by atoms with E-state index in [0.717, 1.165) is 26.9 Å². The first-order valence-electron chi connectivity index (χ1n) is 7.01. The van der Waals surface area contributed by atoms with Crippen LogP contribution in [0.3, 0.4) is 0 Å². The van der Waals surface area contributed by atoms with Crippen molar-refractivity contribution in [2.24, 2.45) is 0 Å². The molecule has 6 nitrogen and oxygen atoms in total. The molecule has 0 spiro atoms. The molecule has 0 N–H and O–H groups in total. The van der Waals surface area contributed by atoms with E-state index in [1.165, 1.54) is 0 Å². The fourth-order valence-corrected chi connectivity index (χ4v) is 2.83. The third-order valence-corrected chi connectivity index (χ3v) is 4.93. The highest BCUT2D eigenvalue weighted by atomic mass is 79.9. The second kappa shape index (κ2) is 6.95. The highest BCUT2D eigenvalue weighted by Gasteiger charge is 2.22. The molecule has 1 unspecified atom stereocenters. The van der Waals surface area contributed by atoms with Crippen molar-refractivity contribution in [2.45, 2.75) is 39.9 Å². The van der Waals surface area contributed by atoms with Gasteiger partial charge in [0.15, 0.2) is 0 Å². The van der Waals surface area contributed by atoms with Crippen molar-refractivity contribution in [3.63, 3.8) is 0 Å². The molecule has 1 amide bonds. The van der Waals surface area contributed by atoms with Gasteiger partial charge in [-0.1, -0.05) is 0 Å². The quantitative estimate of drug-likeness (QED) is 0.729. The average Bonchev–Trinajstić information content (AvgIpc) is 3.01. The Morgan fingerprint density at radius 3 is 2.50 bits per heavy atom. The second-order valence-corrected chi connectivity index (χ2v) is 6.90. The van der Waals surface area contributed by atoms with E-state index in [0.29, 0.717) is 6.54 Å². The van der Waals surface area contributed by atoms with Crippen LogP contribution in [0.2, 0.25) is 0 Å². The first-order chi connectivity index (χ1) is 10.3. The van der Waals surface area contributed by atoms with E-state index >= 15 is 0 Å². The summed E-state index contributed by atoms with van der Waals surface area (Å²) in [5, 5.41) is 8.80. The Morgan fingerprint density at radius 1 is 1.32 bits per heavy atom. The Morgan fingerprint density at radius 2 is 2.00 bits per heavy atom. The minimum absolute atomic E-state index is 0.00653. The molecule has 2 rings (SSSR count). The first-order valence-corrected chi connectivity index (χ1v) is 8.60. The Hall–Kier alpha value is -1.15. The van der Waals surface area contributed by atoms with Crippen LogP contribution in [-0.4, -0.2) is 37.4 Å². The van der Waals surface area contributed by atoms with E-state index in [1.807, 2.05) is 37.8 Å². The van der Waals surface area contributed by atoms with Gasteiger partial charge in [-0.25, -0.2) is 0 Å². The summed E-state index contributed by atoms with van der Waals surface area (Å²) >= 11 is 6.90. The molecule has 2 aromatic rings. The third-order valence-electron chi connectivity index (χ3n) is 3.49. The number of likely N-dealkylation sites (N-methyl/N-ethyl adjacent to an activating group) is 1. The molecular formula is C14H19Br2N5O. The molecule has 0 radical (unpaired) electrons. The van der Waals surface area contributed by atoms with Crippen molar-refractivity contribution in [1.82, 2.24) is 24.5 Å². The van der Waals surface area contributed by atoms with Crippen LogP contribution in [0.15, 0.2) is 21.3 Å². The van der Waals surface area contributed by atoms with E-state index in [2.05, 4.69) is 42.1 Å². The van der Waals surface area contributed by atoms with Gasteiger partial charge in [0.1, 0.15) is 6.04 Å². The van der Waals surface area contributed by atoms with E-state index in [4.69, 9.17) is 0 Å². The van der Waals surface area contributed by atoms with E-state index in [9.17, 15) is 4.79 Å². The normalized spacial score (nSPS) is 12.5. The number of hydrogen-bond acceptors (Lipinski definition) is 3. The zero-order valence-electron chi connectivity index (χ0n) is 13.0. The molecule has 2 heterocycles. The molecule has 1 atom stereocenters. The van der Waals surface area contributed by atoms with Crippen molar-refractivity contribution in [3.8, 4) is 0 Å². The highest BCUT2D eigenvalue weighted by Crippen LogP contribution is 2.20. The zero-order chi connectivity index (χ0) is 16.4. The maximum atomic E-state index is 12.6. The number of aromatic nitrogens is 4. The summed E-state index contributed by atoms with van der Waals surface area (Å²) in [6.45, 7) is 7.02. The fraction of sp³-hybridized carbons (Fsp3) is 0.500. The van der Waals surface area contributed by atoms with Gasteiger partial charge in [-0.05, 0) is 52.6 Å². The van der Waals surface area contributed by atoms with Crippen LogP contribution in [0, 0.1) is 6.92 Å². The summed E-state index contributed by atoms with van der Waals surface area (Å²) in [7, 11) is 1.78. The minimum Gasteiger partial charge on any atom is -0.338 e. The largest absolute Gasteiger partial charge is 0.338 e. The first kappa shape index (κ1) is 17.2. The number of aryl methyl sites for hydroxylation is 2. The molecule has 120 valence electrons. The van der Waals surface area contributed by atoms with Crippen LogP contribution in [0.25, 0.3) is 0 Å². The molecule has 0 aliphatic heterocycles. The van der Waals surface area contributed by atoms with Gasteiger partial charge >= 0.3 is 0 Å². The lowest BCUT2D eigenvalue weighted by atomic mass is 10.3. The lowest BCUT2D eigenvalue weighted by Crippen LogP contribution is -2.33. The van der Waals surface area contributed by atoms with Gasteiger partial charge in [0, 0.05) is 26.0 Å². The van der Waals surface area contributed by atoms with Crippen LogP contribution in [0.5, 0.6) is 0 Å². The van der Waals surface area contributed by atoms with Crippen LogP contribution in [0.4, 0.5) is 0 Å².